The summed E-state index contributed by atoms with van der Waals surface area (Å²) in [5.41, 5.74) is 0.425. The molecule has 0 fully saturated rings. The molecule has 6 nitrogen and oxygen atoms in total. The van der Waals surface area contributed by atoms with Crippen LogP contribution in [0.4, 0.5) is 0 Å². The molecule has 2 N–H and O–H groups in total. The first-order chi connectivity index (χ1) is 10.6. The molecule has 8 heteroatoms. The number of aromatic nitrogens is 3. The van der Waals surface area contributed by atoms with Crippen LogP contribution >= 0.6 is 23.2 Å². The highest BCUT2D eigenvalue weighted by molar-refractivity contribution is 6.36. The van der Waals surface area contributed by atoms with E-state index in [0.717, 1.165) is 0 Å². The fourth-order valence-electron chi connectivity index (χ4n) is 1.98. The summed E-state index contributed by atoms with van der Waals surface area (Å²) in [5, 5.41) is 17.5. The Labute approximate surface area is 138 Å². The van der Waals surface area contributed by atoms with E-state index in [4.69, 9.17) is 23.2 Å². The van der Waals surface area contributed by atoms with E-state index in [1.54, 1.807) is 29.2 Å². The van der Waals surface area contributed by atoms with Gasteiger partial charge >= 0.3 is 0 Å². The zero-order chi connectivity index (χ0) is 15.9. The zero-order valence-electron chi connectivity index (χ0n) is 11.7. The van der Waals surface area contributed by atoms with Crippen LogP contribution in [0.3, 0.4) is 0 Å². The van der Waals surface area contributed by atoms with Gasteiger partial charge in [0.1, 0.15) is 12.7 Å². The molecule has 1 aromatic carbocycles. The van der Waals surface area contributed by atoms with Gasteiger partial charge in [-0.05, 0) is 18.6 Å². The van der Waals surface area contributed by atoms with Gasteiger partial charge in [0, 0.05) is 35.1 Å². The molecule has 0 bridgehead atoms. The minimum Gasteiger partial charge on any atom is -0.386 e. The van der Waals surface area contributed by atoms with Crippen molar-refractivity contribution < 1.29 is 9.90 Å². The standard InChI is InChI=1S/C14H16Cl2N4O2/c15-10-3-1-4-11(16)14(10)12(21)7-18-13(22)5-2-6-20-9-17-8-19-20/h1,3-4,8-9,12,21H,2,5-7H2,(H,18,22)/t12-/m0/s1. The summed E-state index contributed by atoms with van der Waals surface area (Å²) in [4.78, 5) is 15.6. The average molecular weight is 343 g/mol. The van der Waals surface area contributed by atoms with E-state index in [0.29, 0.717) is 35.0 Å². The number of benzene rings is 1. The van der Waals surface area contributed by atoms with Crippen molar-refractivity contribution in [2.24, 2.45) is 0 Å². The molecule has 2 rings (SSSR count). The first-order valence-corrected chi connectivity index (χ1v) is 7.54. The van der Waals surface area contributed by atoms with Crippen molar-refractivity contribution in [1.29, 1.82) is 0 Å². The maximum atomic E-state index is 11.7. The Hall–Kier alpha value is -1.63. The van der Waals surface area contributed by atoms with Gasteiger partial charge < -0.3 is 10.4 Å². The van der Waals surface area contributed by atoms with Crippen molar-refractivity contribution in [3.8, 4) is 0 Å². The van der Waals surface area contributed by atoms with E-state index in [1.165, 1.54) is 6.33 Å². The largest absolute Gasteiger partial charge is 0.386 e. The number of nitrogens with one attached hydrogen (secondary N) is 1. The van der Waals surface area contributed by atoms with Crippen LogP contribution in [0.5, 0.6) is 0 Å². The van der Waals surface area contributed by atoms with Gasteiger partial charge in [0.05, 0.1) is 6.10 Å². The Morgan fingerprint density at radius 3 is 2.73 bits per heavy atom. The lowest BCUT2D eigenvalue weighted by molar-refractivity contribution is -0.121. The molecule has 0 aliphatic rings. The maximum absolute atomic E-state index is 11.7. The SMILES string of the molecule is O=C(CCCn1cncn1)NC[C@H](O)c1c(Cl)cccc1Cl. The molecule has 2 aromatic rings. The monoisotopic (exact) mass is 342 g/mol. The molecule has 0 saturated carbocycles. The highest BCUT2D eigenvalue weighted by Gasteiger charge is 2.16. The van der Waals surface area contributed by atoms with E-state index in [2.05, 4.69) is 15.4 Å². The minimum absolute atomic E-state index is 0.0611. The second kappa shape index (κ2) is 8.12. The van der Waals surface area contributed by atoms with Gasteiger partial charge in [0.15, 0.2) is 0 Å². The lowest BCUT2D eigenvalue weighted by atomic mass is 10.1. The molecule has 22 heavy (non-hydrogen) atoms. The van der Waals surface area contributed by atoms with Crippen LogP contribution in [0, 0.1) is 0 Å². The first kappa shape index (κ1) is 16.7. The van der Waals surface area contributed by atoms with Gasteiger partial charge in [0.25, 0.3) is 0 Å². The second-order valence-corrected chi connectivity index (χ2v) is 5.53. The van der Waals surface area contributed by atoms with Gasteiger partial charge in [-0.2, -0.15) is 5.10 Å². The molecule has 1 amide bonds. The number of hydrogen-bond donors (Lipinski definition) is 2. The van der Waals surface area contributed by atoms with Crippen LogP contribution in [-0.4, -0.2) is 32.3 Å². The lowest BCUT2D eigenvalue weighted by Crippen LogP contribution is -2.28. The molecule has 1 heterocycles. The van der Waals surface area contributed by atoms with Crippen LogP contribution in [0.1, 0.15) is 24.5 Å². The van der Waals surface area contributed by atoms with Crippen molar-refractivity contribution in [2.45, 2.75) is 25.5 Å². The van der Waals surface area contributed by atoms with Crippen LogP contribution < -0.4 is 5.32 Å². The van der Waals surface area contributed by atoms with Crippen LogP contribution in [0.25, 0.3) is 0 Å². The van der Waals surface area contributed by atoms with Crippen molar-refractivity contribution in [2.75, 3.05) is 6.54 Å². The Morgan fingerprint density at radius 2 is 2.09 bits per heavy atom. The van der Waals surface area contributed by atoms with E-state index in [1.807, 2.05) is 0 Å². The molecule has 0 radical (unpaired) electrons. The predicted octanol–water partition coefficient (Wildman–Crippen LogP) is 2.21. The third-order valence-electron chi connectivity index (χ3n) is 3.08. The van der Waals surface area contributed by atoms with Crippen molar-refractivity contribution >= 4 is 29.1 Å². The molecule has 0 aliphatic heterocycles. The number of aliphatic hydroxyl groups excluding tert-OH is 1. The van der Waals surface area contributed by atoms with Gasteiger partial charge in [-0.1, -0.05) is 29.3 Å². The molecule has 1 atom stereocenters. The topological polar surface area (TPSA) is 80.0 Å². The summed E-state index contributed by atoms with van der Waals surface area (Å²) in [6.45, 7) is 0.678. The summed E-state index contributed by atoms with van der Waals surface area (Å²) in [6.07, 6.45) is 3.08. The van der Waals surface area contributed by atoms with Crippen molar-refractivity contribution in [3.05, 3.63) is 46.5 Å². The fraction of sp³-hybridized carbons (Fsp3) is 0.357. The van der Waals surface area contributed by atoms with E-state index < -0.39 is 6.10 Å². The average Bonchev–Trinajstić information content (AvgIpc) is 2.98. The zero-order valence-corrected chi connectivity index (χ0v) is 13.3. The van der Waals surface area contributed by atoms with Crippen LogP contribution in [-0.2, 0) is 11.3 Å². The summed E-state index contributed by atoms with van der Waals surface area (Å²) < 4.78 is 1.66. The summed E-state index contributed by atoms with van der Waals surface area (Å²) in [7, 11) is 0. The van der Waals surface area contributed by atoms with Crippen molar-refractivity contribution in [1.82, 2.24) is 20.1 Å². The quantitative estimate of drug-likeness (QED) is 0.808. The Bertz CT molecular complexity index is 599. The number of aliphatic hydroxyl groups is 1. The summed E-state index contributed by atoms with van der Waals surface area (Å²) >= 11 is 12.0. The smallest absolute Gasteiger partial charge is 0.220 e. The third kappa shape index (κ3) is 4.69. The molecule has 118 valence electrons. The molecular weight excluding hydrogens is 327 g/mol. The molecular formula is C14H16Cl2N4O2. The molecule has 0 aliphatic carbocycles. The normalized spacial score (nSPS) is 12.1. The number of amides is 1. The van der Waals surface area contributed by atoms with E-state index in [9.17, 15) is 9.90 Å². The number of rotatable bonds is 7. The summed E-state index contributed by atoms with van der Waals surface area (Å²) in [6, 6.07) is 4.99. The van der Waals surface area contributed by atoms with Crippen molar-refractivity contribution in [3.63, 3.8) is 0 Å². The van der Waals surface area contributed by atoms with Crippen LogP contribution in [0.15, 0.2) is 30.9 Å². The second-order valence-electron chi connectivity index (χ2n) is 4.72. The Morgan fingerprint density at radius 1 is 1.36 bits per heavy atom. The van der Waals surface area contributed by atoms with Gasteiger partial charge in [0.2, 0.25) is 5.91 Å². The molecule has 0 unspecified atom stereocenters. The predicted molar refractivity (Wildman–Crippen MR) is 83.7 cm³/mol. The first-order valence-electron chi connectivity index (χ1n) is 6.79. The highest BCUT2D eigenvalue weighted by Crippen LogP contribution is 2.29. The van der Waals surface area contributed by atoms with E-state index >= 15 is 0 Å². The van der Waals surface area contributed by atoms with Gasteiger partial charge in [-0.3, -0.25) is 9.48 Å². The number of carbonyl (C=O) groups excluding carboxylic acids is 1. The highest BCUT2D eigenvalue weighted by atomic mass is 35.5. The van der Waals surface area contributed by atoms with E-state index in [-0.39, 0.29) is 12.5 Å². The molecule has 0 saturated heterocycles. The van der Waals surface area contributed by atoms with Crippen LogP contribution in [0.2, 0.25) is 10.0 Å². The third-order valence-corrected chi connectivity index (χ3v) is 3.74. The van der Waals surface area contributed by atoms with Gasteiger partial charge in [-0.25, -0.2) is 4.98 Å². The number of nitrogens with zero attached hydrogens (tertiary/aromatic N) is 3. The molecule has 0 spiro atoms. The minimum atomic E-state index is -0.944. The number of carbonyl (C=O) groups is 1. The lowest BCUT2D eigenvalue weighted by Gasteiger charge is -2.15. The Balaban J connectivity index is 1.76. The maximum Gasteiger partial charge on any atom is 0.220 e. The number of halogens is 2. The fourth-order valence-corrected chi connectivity index (χ4v) is 2.63. The number of aryl methyl sites for hydroxylation is 1. The number of hydrogen-bond acceptors (Lipinski definition) is 4. The summed E-state index contributed by atoms with van der Waals surface area (Å²) in [5.74, 6) is -0.151. The van der Waals surface area contributed by atoms with Gasteiger partial charge in [-0.15, -0.1) is 0 Å². The molecule has 1 aromatic heterocycles. The Kier molecular flexibility index (Phi) is 6.18.